The van der Waals surface area contributed by atoms with Crippen LogP contribution in [0.5, 0.6) is 11.5 Å². The third kappa shape index (κ3) is 14.0. The lowest BCUT2D eigenvalue weighted by molar-refractivity contribution is -0.127. The van der Waals surface area contributed by atoms with Crippen LogP contribution in [0.4, 0.5) is 8.78 Å². The predicted octanol–water partition coefficient (Wildman–Crippen LogP) is 8.11. The highest BCUT2D eigenvalue weighted by Crippen LogP contribution is 2.34. The number of carbonyl (C=O) groups excluding carboxylic acids is 2. The van der Waals surface area contributed by atoms with E-state index in [9.17, 15) is 42.7 Å². The Morgan fingerprint density at radius 1 is 0.647 bits per heavy atom. The Kier molecular flexibility index (Phi) is 20.2. The minimum atomic E-state index is -1.39. The number of halogens is 2. The lowest BCUT2D eigenvalue weighted by atomic mass is 9.91. The van der Waals surface area contributed by atoms with E-state index in [1.54, 1.807) is 47.6 Å². The van der Waals surface area contributed by atoms with Gasteiger partial charge in [0.1, 0.15) is 60.0 Å². The molecule has 0 bridgehead atoms. The Hall–Kier alpha value is -7.32. The minimum absolute atomic E-state index is 0.0452. The van der Waals surface area contributed by atoms with E-state index >= 15 is 0 Å². The minimum Gasteiger partial charge on any atom is -0.508 e. The average molecular weight is 1210 g/mol. The number of ketones is 2. The molecule has 2 N–H and O–H groups in total. The van der Waals surface area contributed by atoms with Crippen LogP contribution < -0.4 is 27.2 Å². The molecule has 0 aliphatic carbocycles. The normalized spacial score (nSPS) is 14.4. The van der Waals surface area contributed by atoms with Gasteiger partial charge >= 0.3 is 11.4 Å². The van der Waals surface area contributed by atoms with Crippen LogP contribution in [0.1, 0.15) is 116 Å². The summed E-state index contributed by atoms with van der Waals surface area (Å²) < 4.78 is 49.9. The summed E-state index contributed by atoms with van der Waals surface area (Å²) in [5, 5.41) is 37.6. The predicted molar refractivity (Wildman–Crippen MR) is 320 cm³/mol. The number of thiophene rings is 2. The fraction of sp³-hybridized carbons (Fsp3) is 0.500. The monoisotopic (exact) mass is 1210 g/mol. The molecule has 85 heavy (non-hydrogen) atoms. The van der Waals surface area contributed by atoms with Gasteiger partial charge in [0, 0.05) is 63.1 Å². The van der Waals surface area contributed by atoms with Gasteiger partial charge in [-0.1, -0.05) is 50.4 Å². The van der Waals surface area contributed by atoms with Gasteiger partial charge in [0.05, 0.1) is 54.9 Å². The number of fused-ring (bicyclic) bond motifs is 2. The van der Waals surface area contributed by atoms with Crippen molar-refractivity contribution in [1.82, 2.24) is 48.3 Å². The fourth-order valence-corrected chi connectivity index (χ4v) is 12.8. The molecule has 0 spiro atoms. The Morgan fingerprint density at radius 2 is 1.05 bits per heavy atom. The number of aromatic nitrogens is 10. The first-order chi connectivity index (χ1) is 40.3. The summed E-state index contributed by atoms with van der Waals surface area (Å²) >= 11 is 2.41. The number of nitrogens with zero attached hydrogens (tertiary/aromatic N) is 10. The first-order valence-corrected chi connectivity index (χ1v) is 30.1. The van der Waals surface area contributed by atoms with E-state index in [4.69, 9.17) is 19.3 Å². The molecule has 2 fully saturated rings. The van der Waals surface area contributed by atoms with Crippen molar-refractivity contribution in [2.24, 2.45) is 11.8 Å². The molecule has 6 aromatic heterocycles. The summed E-state index contributed by atoms with van der Waals surface area (Å²) in [6, 6.07) is 8.01. The lowest BCUT2D eigenvalue weighted by Crippen LogP contribution is -2.52. The fourth-order valence-electron chi connectivity index (χ4n) is 10.3. The number of rotatable bonds is 18. The van der Waals surface area contributed by atoms with Crippen LogP contribution in [-0.2, 0) is 56.1 Å². The van der Waals surface area contributed by atoms with Crippen LogP contribution in [0.2, 0.25) is 0 Å². The summed E-state index contributed by atoms with van der Waals surface area (Å²) in [5.74, 6) is -0.789. The number of Topliss-reactive ketones (excluding diaryl/α,β-unsaturated/α-hetero) is 2. The topological polar surface area (TPSA) is 252 Å². The molecule has 2 aliphatic rings. The maximum atomic E-state index is 14.4. The molecule has 2 aliphatic heterocycles. The van der Waals surface area contributed by atoms with Crippen molar-refractivity contribution >= 4 is 54.7 Å². The van der Waals surface area contributed by atoms with Crippen LogP contribution in [-0.4, -0.2) is 109 Å². The maximum absolute atomic E-state index is 14.4. The molecule has 0 atom stereocenters. The Balaban J connectivity index is 0.000000200. The summed E-state index contributed by atoms with van der Waals surface area (Å²) in [4.78, 5) is 85.9. The summed E-state index contributed by atoms with van der Waals surface area (Å²) in [7, 11) is 0. The van der Waals surface area contributed by atoms with Crippen LogP contribution in [0.25, 0.3) is 30.4 Å². The Labute approximate surface area is 497 Å². The van der Waals surface area contributed by atoms with E-state index < -0.39 is 45.2 Å². The van der Waals surface area contributed by atoms with Crippen molar-refractivity contribution in [2.45, 2.75) is 157 Å². The zero-order valence-electron chi connectivity index (χ0n) is 49.6. The van der Waals surface area contributed by atoms with Gasteiger partial charge in [-0.25, -0.2) is 27.5 Å². The molecule has 21 nitrogen and oxygen atoms in total. The van der Waals surface area contributed by atoms with Gasteiger partial charge in [0.25, 0.3) is 11.1 Å². The van der Waals surface area contributed by atoms with Crippen LogP contribution in [0, 0.1) is 37.3 Å². The number of aromatic hydroxyl groups is 1. The number of aliphatic hydroxyl groups excluding tert-OH is 1. The molecule has 25 heteroatoms. The van der Waals surface area contributed by atoms with Crippen molar-refractivity contribution in [3.63, 3.8) is 0 Å². The molecular weight excluding hydrogens is 1140 g/mol. The molecule has 10 rings (SSSR count). The molecule has 2 saturated heterocycles. The Bertz CT molecular complexity index is 3920. The van der Waals surface area contributed by atoms with Crippen molar-refractivity contribution in [3.05, 3.63) is 137 Å². The van der Waals surface area contributed by atoms with Gasteiger partial charge in [-0.05, 0) is 127 Å². The molecule has 0 saturated carbocycles. The molecule has 2 aromatic carbocycles. The van der Waals surface area contributed by atoms with Crippen molar-refractivity contribution in [2.75, 3.05) is 26.4 Å². The number of hydrogen-bond acceptors (Lipinski definition) is 17. The number of aliphatic hydroxyl groups is 1. The SMILES string of the molecule is Cc1c(-n2nccn2)sc2c1c(=O)n(C(C)(C)C(=O)CC(C)C)c(=O)n2CCc1cc(F)ccc1O.Cc1c(-n2nccn2)sc2c1c(=O)n(C(C)(C)C(=O)CC(C)C)c(=O)n2CCc1cc(F)ccc1OC1CCOCC1.OC1CCOCC1. The largest absolute Gasteiger partial charge is 0.508 e. The smallest absolute Gasteiger partial charge is 0.332 e. The number of aryl methyl sites for hydroxylation is 6. The first kappa shape index (κ1) is 63.7. The van der Waals surface area contributed by atoms with E-state index in [0.717, 1.165) is 54.1 Å². The van der Waals surface area contributed by atoms with E-state index in [0.29, 0.717) is 71.7 Å². The van der Waals surface area contributed by atoms with E-state index in [1.807, 2.05) is 27.7 Å². The van der Waals surface area contributed by atoms with Gasteiger partial charge in [0.2, 0.25) is 0 Å². The zero-order valence-corrected chi connectivity index (χ0v) is 51.2. The lowest BCUT2D eigenvalue weighted by Gasteiger charge is -2.27. The molecule has 0 radical (unpaired) electrons. The summed E-state index contributed by atoms with van der Waals surface area (Å²) in [6.07, 6.45) is 9.88. The van der Waals surface area contributed by atoms with Gasteiger partial charge in [-0.15, -0.1) is 9.59 Å². The highest BCUT2D eigenvalue weighted by molar-refractivity contribution is 7.21. The Morgan fingerprint density at radius 3 is 1.46 bits per heavy atom. The number of benzene rings is 2. The van der Waals surface area contributed by atoms with Crippen LogP contribution >= 0.6 is 22.7 Å². The number of phenols is 1. The molecule has 8 heterocycles. The zero-order chi connectivity index (χ0) is 61.7. The first-order valence-electron chi connectivity index (χ1n) is 28.5. The third-order valence-corrected chi connectivity index (χ3v) is 17.7. The van der Waals surface area contributed by atoms with Crippen molar-refractivity contribution in [3.8, 4) is 21.5 Å². The quantitative estimate of drug-likeness (QED) is 0.0823. The number of carbonyl (C=O) groups is 2. The highest BCUT2D eigenvalue weighted by atomic mass is 32.1. The highest BCUT2D eigenvalue weighted by Gasteiger charge is 2.37. The second kappa shape index (κ2) is 26.9. The van der Waals surface area contributed by atoms with E-state index in [1.165, 1.54) is 90.5 Å². The van der Waals surface area contributed by atoms with Gasteiger partial charge < -0.3 is 24.4 Å². The molecule has 8 aromatic rings. The van der Waals surface area contributed by atoms with Gasteiger partial charge in [-0.3, -0.25) is 28.3 Å². The standard InChI is InChI=1S/C30H36FN5O5S.C25H28FN5O4S.C5H10O2/c1-18(2)16-24(37)30(4,5)35-26(38)25-19(3)27(36-32-11-12-33-36)42-28(25)34(29(35)39)13-8-20-17-21(31)6-7-23(20)41-22-9-14-40-15-10-22;1-14(2)12-19(33)25(4,5)30-21(34)20-15(3)22(31-27-9-10-28-31)36-23(20)29(24(30)35)11-8-16-13-17(26)6-7-18(16)32;6-5-1-3-7-4-2-5/h6-7,11-12,17-18,22H,8-10,13-16H2,1-5H3;6-7,9-10,13-14,32H,8,11-12H2,1-5H3;5-6H,1-4H2. The van der Waals surface area contributed by atoms with Crippen LogP contribution in [0.3, 0.4) is 0 Å². The second-order valence-electron chi connectivity index (χ2n) is 23.2. The molecular formula is C60H74F2N10O11S2. The van der Waals surface area contributed by atoms with Crippen LogP contribution in [0.15, 0.2) is 80.4 Å². The number of ether oxygens (including phenoxy) is 3. The molecule has 0 amide bonds. The summed E-state index contributed by atoms with van der Waals surface area (Å²) in [5.41, 5.74) is -2.99. The maximum Gasteiger partial charge on any atom is 0.332 e. The average Bonchev–Trinajstić information content (AvgIpc) is 2.01. The van der Waals surface area contributed by atoms with Gasteiger partial charge in [-0.2, -0.15) is 20.4 Å². The molecule has 456 valence electrons. The van der Waals surface area contributed by atoms with Crippen molar-refractivity contribution in [1.29, 1.82) is 0 Å². The third-order valence-electron chi connectivity index (χ3n) is 15.2. The second-order valence-corrected chi connectivity index (χ2v) is 25.1. The van der Waals surface area contributed by atoms with E-state index in [-0.39, 0.29) is 80.1 Å². The molecule has 0 unspecified atom stereocenters. The van der Waals surface area contributed by atoms with Crippen molar-refractivity contribution < 1.29 is 42.8 Å². The summed E-state index contributed by atoms with van der Waals surface area (Å²) in [6.45, 7) is 20.4. The number of phenolic OH excluding ortho intramolecular Hbond substituents is 1. The van der Waals surface area contributed by atoms with Gasteiger partial charge in [0.15, 0.2) is 11.6 Å². The van der Waals surface area contributed by atoms with E-state index in [2.05, 4.69) is 20.4 Å². The number of hydrogen-bond donors (Lipinski definition) is 2.